The Hall–Kier alpha value is -0.743. The molecule has 0 saturated heterocycles. The predicted molar refractivity (Wildman–Crippen MR) is 107 cm³/mol. The Balaban J connectivity index is 2.83. The van der Waals surface area contributed by atoms with E-state index < -0.39 is 30.5 Å². The lowest BCUT2D eigenvalue weighted by atomic mass is 10.1. The van der Waals surface area contributed by atoms with Crippen LogP contribution in [-0.4, -0.2) is 46.8 Å². The van der Waals surface area contributed by atoms with Crippen LogP contribution in [0.5, 0.6) is 0 Å². The van der Waals surface area contributed by atoms with Crippen molar-refractivity contribution in [3.63, 3.8) is 0 Å². The fourth-order valence-corrected chi connectivity index (χ4v) is 4.80. The summed E-state index contributed by atoms with van der Waals surface area (Å²) < 4.78 is 34.5. The average molecular weight is 423 g/mol. The highest BCUT2D eigenvalue weighted by molar-refractivity contribution is 7.86. The molecule has 1 heterocycles. The van der Waals surface area contributed by atoms with E-state index in [1.54, 1.807) is 6.07 Å². The minimum atomic E-state index is -3.60. The van der Waals surface area contributed by atoms with Gasteiger partial charge in [0, 0.05) is 4.88 Å². The van der Waals surface area contributed by atoms with Crippen LogP contribution in [0.2, 0.25) is 18.1 Å². The number of carboxylic acids is 1. The first kappa shape index (κ1) is 23.3. The van der Waals surface area contributed by atoms with E-state index in [1.807, 2.05) is 6.92 Å². The Morgan fingerprint density at radius 2 is 1.92 bits per heavy atom. The van der Waals surface area contributed by atoms with Crippen LogP contribution in [0.25, 0.3) is 0 Å². The number of aryl methyl sites for hydroxylation is 2. The predicted octanol–water partition coefficient (Wildman–Crippen LogP) is 4.05. The summed E-state index contributed by atoms with van der Waals surface area (Å²) in [5, 5.41) is 9.11. The van der Waals surface area contributed by atoms with Crippen molar-refractivity contribution in [1.29, 1.82) is 0 Å². The van der Waals surface area contributed by atoms with Crippen molar-refractivity contribution < 1.29 is 26.9 Å². The van der Waals surface area contributed by atoms with E-state index in [9.17, 15) is 13.2 Å². The van der Waals surface area contributed by atoms with Gasteiger partial charge in [-0.1, -0.05) is 20.8 Å². The summed E-state index contributed by atoms with van der Waals surface area (Å²) in [4.78, 5) is 12.3. The summed E-state index contributed by atoms with van der Waals surface area (Å²) in [6, 6.07) is 1.64. The zero-order valence-corrected chi connectivity index (χ0v) is 19.2. The van der Waals surface area contributed by atoms with Gasteiger partial charge in [0.05, 0.1) is 19.0 Å². The normalized spacial score (nSPS) is 14.4. The molecule has 0 aliphatic rings. The largest absolute Gasteiger partial charge is 0.477 e. The molecule has 1 unspecified atom stereocenters. The highest BCUT2D eigenvalue weighted by atomic mass is 32.2. The molecule has 0 amide bonds. The molecule has 150 valence electrons. The van der Waals surface area contributed by atoms with Crippen molar-refractivity contribution in [3.05, 3.63) is 21.4 Å². The number of carboxylic acid groups (broad SMARTS) is 1. The lowest BCUT2D eigenvalue weighted by Crippen LogP contribution is -2.43. The molecule has 0 saturated carbocycles. The van der Waals surface area contributed by atoms with Gasteiger partial charge >= 0.3 is 5.97 Å². The van der Waals surface area contributed by atoms with Crippen LogP contribution in [0.4, 0.5) is 0 Å². The van der Waals surface area contributed by atoms with E-state index in [-0.39, 0.29) is 16.5 Å². The lowest BCUT2D eigenvalue weighted by Gasteiger charge is -2.37. The smallest absolute Gasteiger partial charge is 0.345 e. The van der Waals surface area contributed by atoms with Gasteiger partial charge in [-0.3, -0.25) is 4.18 Å². The maximum absolute atomic E-state index is 11.6. The van der Waals surface area contributed by atoms with E-state index >= 15 is 0 Å². The molecule has 1 rings (SSSR count). The number of rotatable bonds is 9. The van der Waals surface area contributed by atoms with Crippen LogP contribution in [0, 0.1) is 6.92 Å². The van der Waals surface area contributed by atoms with Gasteiger partial charge in [-0.25, -0.2) is 4.79 Å². The summed E-state index contributed by atoms with van der Waals surface area (Å²) in [6.45, 7) is 12.6. The first-order chi connectivity index (χ1) is 11.6. The Labute approximate surface area is 161 Å². The molecule has 0 fully saturated rings. The van der Waals surface area contributed by atoms with Crippen LogP contribution in [0.15, 0.2) is 6.07 Å². The molecule has 26 heavy (non-hydrogen) atoms. The zero-order chi connectivity index (χ0) is 20.3. The minimum Gasteiger partial charge on any atom is -0.477 e. The van der Waals surface area contributed by atoms with E-state index in [0.29, 0.717) is 12.8 Å². The summed E-state index contributed by atoms with van der Waals surface area (Å²) in [5.74, 6) is -0.949. The van der Waals surface area contributed by atoms with Gasteiger partial charge in [0.1, 0.15) is 4.88 Å². The highest BCUT2D eigenvalue weighted by Crippen LogP contribution is 2.36. The van der Waals surface area contributed by atoms with Crippen molar-refractivity contribution in [2.75, 3.05) is 12.9 Å². The summed E-state index contributed by atoms with van der Waals surface area (Å²) in [5.41, 5.74) is 0.899. The maximum Gasteiger partial charge on any atom is 0.345 e. The van der Waals surface area contributed by atoms with Gasteiger partial charge in [-0.2, -0.15) is 8.42 Å². The highest BCUT2D eigenvalue weighted by Gasteiger charge is 2.38. The quantitative estimate of drug-likeness (QED) is 0.477. The van der Waals surface area contributed by atoms with Gasteiger partial charge in [0.25, 0.3) is 10.1 Å². The molecule has 0 aliphatic heterocycles. The Morgan fingerprint density at radius 3 is 2.35 bits per heavy atom. The fraction of sp³-hybridized carbons (Fsp3) is 0.706. The van der Waals surface area contributed by atoms with E-state index in [0.717, 1.165) is 16.7 Å². The van der Waals surface area contributed by atoms with Crippen molar-refractivity contribution in [3.8, 4) is 0 Å². The second kappa shape index (κ2) is 8.51. The van der Waals surface area contributed by atoms with Crippen molar-refractivity contribution in [1.82, 2.24) is 0 Å². The monoisotopic (exact) mass is 422 g/mol. The van der Waals surface area contributed by atoms with Crippen LogP contribution in [0.1, 0.15) is 47.3 Å². The fourth-order valence-electron chi connectivity index (χ4n) is 2.09. The van der Waals surface area contributed by atoms with Gasteiger partial charge in [-0.05, 0) is 49.5 Å². The number of aromatic carboxylic acids is 1. The SMILES string of the molecule is Cc1cc(C(=O)O)sc1CCC(CO[Si](C)(C)C(C)(C)C)OS(C)(=O)=O. The Bertz CT molecular complexity index is 731. The molecule has 0 bridgehead atoms. The summed E-state index contributed by atoms with van der Waals surface area (Å²) in [7, 11) is -5.63. The molecular formula is C17H30O6S2Si. The van der Waals surface area contributed by atoms with Crippen LogP contribution >= 0.6 is 11.3 Å². The number of hydrogen-bond donors (Lipinski definition) is 1. The summed E-state index contributed by atoms with van der Waals surface area (Å²) >= 11 is 1.22. The number of thiophene rings is 1. The molecule has 6 nitrogen and oxygen atoms in total. The first-order valence-corrected chi connectivity index (χ1v) is 14.0. The molecule has 9 heteroatoms. The molecule has 1 aromatic rings. The standard InChI is InChI=1S/C17H30O6S2Si/c1-12-10-15(16(18)19)24-14(12)9-8-13(23-25(5,20)21)11-22-26(6,7)17(2,3)4/h10,13H,8-9,11H2,1-7H3,(H,18,19). The Kier molecular flexibility index (Phi) is 7.63. The lowest BCUT2D eigenvalue weighted by molar-refractivity contribution is 0.0702. The zero-order valence-electron chi connectivity index (χ0n) is 16.6. The van der Waals surface area contributed by atoms with Crippen LogP contribution in [0.3, 0.4) is 0 Å². The average Bonchev–Trinajstić information content (AvgIpc) is 2.81. The van der Waals surface area contributed by atoms with Crippen LogP contribution < -0.4 is 0 Å². The molecule has 0 aliphatic carbocycles. The van der Waals surface area contributed by atoms with Gasteiger partial charge in [0.2, 0.25) is 0 Å². The maximum atomic E-state index is 11.6. The van der Waals surface area contributed by atoms with E-state index in [1.165, 1.54) is 11.3 Å². The number of hydrogen-bond acceptors (Lipinski definition) is 6. The number of carbonyl (C=O) groups is 1. The van der Waals surface area contributed by atoms with Crippen molar-refractivity contribution in [2.45, 2.75) is 64.8 Å². The molecule has 0 radical (unpaired) electrons. The molecular weight excluding hydrogens is 392 g/mol. The summed E-state index contributed by atoms with van der Waals surface area (Å²) in [6.07, 6.45) is 1.44. The minimum absolute atomic E-state index is 0.0172. The van der Waals surface area contributed by atoms with Crippen LogP contribution in [-0.2, 0) is 25.1 Å². The van der Waals surface area contributed by atoms with Crippen molar-refractivity contribution >= 4 is 35.7 Å². The van der Waals surface area contributed by atoms with Gasteiger partial charge in [-0.15, -0.1) is 11.3 Å². The molecule has 1 N–H and O–H groups in total. The van der Waals surface area contributed by atoms with E-state index in [2.05, 4.69) is 33.9 Å². The second-order valence-corrected chi connectivity index (χ2v) is 15.6. The molecule has 0 spiro atoms. The van der Waals surface area contributed by atoms with Gasteiger partial charge < -0.3 is 9.53 Å². The van der Waals surface area contributed by atoms with Crippen molar-refractivity contribution in [2.24, 2.45) is 0 Å². The molecule has 1 atom stereocenters. The topological polar surface area (TPSA) is 89.9 Å². The third-order valence-corrected chi connectivity index (χ3v) is 11.1. The first-order valence-electron chi connectivity index (χ1n) is 8.47. The molecule has 0 aromatic carbocycles. The molecule has 1 aromatic heterocycles. The van der Waals surface area contributed by atoms with E-state index in [4.69, 9.17) is 13.7 Å². The third-order valence-electron chi connectivity index (χ3n) is 4.67. The second-order valence-electron chi connectivity index (χ2n) is 8.05. The van der Waals surface area contributed by atoms with Gasteiger partial charge in [0.15, 0.2) is 8.32 Å². The Morgan fingerprint density at radius 1 is 1.35 bits per heavy atom. The third kappa shape index (κ3) is 7.11.